The first-order chi connectivity index (χ1) is 6.06. The molecule has 1 aromatic carbocycles. The highest BCUT2D eigenvalue weighted by Gasteiger charge is 2.20. The van der Waals surface area contributed by atoms with Gasteiger partial charge in [0.25, 0.3) is 0 Å². The van der Waals surface area contributed by atoms with E-state index in [1.807, 2.05) is 19.1 Å². The summed E-state index contributed by atoms with van der Waals surface area (Å²) in [5, 5.41) is 10.7. The summed E-state index contributed by atoms with van der Waals surface area (Å²) in [6.45, 7) is 3.89. The Balaban J connectivity index is 2.87. The van der Waals surface area contributed by atoms with E-state index < -0.39 is 5.60 Å². The average Bonchev–Trinajstić information content (AvgIpc) is 2.05. The maximum Gasteiger partial charge on any atom is 0.0868 e. The summed E-state index contributed by atoms with van der Waals surface area (Å²) >= 11 is 5.76. The fraction of sp³-hybridized carbons (Fsp3) is 0.455. The molecule has 13 heavy (non-hydrogen) atoms. The van der Waals surface area contributed by atoms with E-state index in [0.717, 1.165) is 18.4 Å². The number of hydrogen-bond acceptors (Lipinski definition) is 1. The molecule has 0 spiro atoms. The highest BCUT2D eigenvalue weighted by molar-refractivity contribution is 6.30. The molecular weight excluding hydrogens is 184 g/mol. The van der Waals surface area contributed by atoms with Gasteiger partial charge in [-0.15, -0.1) is 0 Å². The number of aliphatic hydroxyl groups is 1. The van der Waals surface area contributed by atoms with Gasteiger partial charge in [0.05, 0.1) is 5.60 Å². The molecule has 1 nitrogen and oxygen atoms in total. The predicted molar refractivity (Wildman–Crippen MR) is 55.9 cm³/mol. The Bertz CT molecular complexity index is 264. The van der Waals surface area contributed by atoms with Gasteiger partial charge in [-0.2, -0.15) is 0 Å². The van der Waals surface area contributed by atoms with E-state index in [1.165, 1.54) is 0 Å². The van der Waals surface area contributed by atoms with Crippen molar-refractivity contribution < 1.29 is 5.11 Å². The van der Waals surface area contributed by atoms with Crippen LogP contribution in [0.2, 0.25) is 5.02 Å². The van der Waals surface area contributed by atoms with Crippen molar-refractivity contribution in [1.82, 2.24) is 0 Å². The van der Waals surface area contributed by atoms with Crippen LogP contribution < -0.4 is 0 Å². The molecule has 2 heteroatoms. The molecule has 1 unspecified atom stereocenters. The van der Waals surface area contributed by atoms with Crippen LogP contribution in [0.4, 0.5) is 0 Å². The molecule has 0 bridgehead atoms. The zero-order chi connectivity index (χ0) is 9.90. The van der Waals surface area contributed by atoms with Crippen molar-refractivity contribution >= 4 is 11.6 Å². The second-order valence-corrected chi connectivity index (χ2v) is 3.97. The van der Waals surface area contributed by atoms with Crippen LogP contribution in [-0.2, 0) is 5.60 Å². The van der Waals surface area contributed by atoms with Gasteiger partial charge in [-0.1, -0.05) is 37.1 Å². The SMILES string of the molecule is CCCC(C)(O)c1ccc(Cl)cc1. The van der Waals surface area contributed by atoms with Crippen LogP contribution in [-0.4, -0.2) is 5.11 Å². The lowest BCUT2D eigenvalue weighted by atomic mass is 9.92. The smallest absolute Gasteiger partial charge is 0.0868 e. The summed E-state index contributed by atoms with van der Waals surface area (Å²) in [6, 6.07) is 7.36. The van der Waals surface area contributed by atoms with E-state index in [1.54, 1.807) is 12.1 Å². The molecule has 1 rings (SSSR count). The second kappa shape index (κ2) is 4.12. The van der Waals surface area contributed by atoms with Crippen molar-refractivity contribution in [3.05, 3.63) is 34.9 Å². The molecule has 0 radical (unpaired) electrons. The first kappa shape index (κ1) is 10.6. The predicted octanol–water partition coefficient (Wildman–Crippen LogP) is 3.35. The minimum absolute atomic E-state index is 0.705. The first-order valence-corrected chi connectivity index (χ1v) is 4.92. The lowest BCUT2D eigenvalue weighted by molar-refractivity contribution is 0.0470. The Labute approximate surface area is 84.4 Å². The van der Waals surface area contributed by atoms with Gasteiger partial charge < -0.3 is 5.11 Å². The number of hydrogen-bond donors (Lipinski definition) is 1. The van der Waals surface area contributed by atoms with Crippen molar-refractivity contribution in [2.45, 2.75) is 32.3 Å². The Hall–Kier alpha value is -0.530. The zero-order valence-corrected chi connectivity index (χ0v) is 8.80. The summed E-state index contributed by atoms with van der Waals surface area (Å²) < 4.78 is 0. The van der Waals surface area contributed by atoms with Gasteiger partial charge >= 0.3 is 0 Å². The van der Waals surface area contributed by atoms with E-state index in [0.29, 0.717) is 5.02 Å². The van der Waals surface area contributed by atoms with E-state index in [4.69, 9.17) is 11.6 Å². The van der Waals surface area contributed by atoms with Crippen LogP contribution in [0.3, 0.4) is 0 Å². The third kappa shape index (κ3) is 2.71. The maximum absolute atomic E-state index is 10.0. The van der Waals surface area contributed by atoms with Crippen LogP contribution in [0.5, 0.6) is 0 Å². The van der Waals surface area contributed by atoms with Crippen LogP contribution >= 0.6 is 11.6 Å². The Morgan fingerprint density at radius 1 is 1.31 bits per heavy atom. The molecule has 0 aliphatic rings. The molecule has 1 N–H and O–H groups in total. The highest BCUT2D eigenvalue weighted by atomic mass is 35.5. The molecule has 1 atom stereocenters. The molecule has 0 heterocycles. The standard InChI is InChI=1S/C11H15ClO/c1-3-8-11(2,13)9-4-6-10(12)7-5-9/h4-7,13H,3,8H2,1-2H3. The van der Waals surface area contributed by atoms with Crippen molar-refractivity contribution in [3.8, 4) is 0 Å². The van der Waals surface area contributed by atoms with Crippen molar-refractivity contribution in [1.29, 1.82) is 0 Å². The van der Waals surface area contributed by atoms with Crippen molar-refractivity contribution in [3.63, 3.8) is 0 Å². The van der Waals surface area contributed by atoms with Gasteiger partial charge in [0.15, 0.2) is 0 Å². The third-order valence-electron chi connectivity index (χ3n) is 2.20. The molecule has 0 fully saturated rings. The molecule has 72 valence electrons. The molecular formula is C11H15ClO. The third-order valence-corrected chi connectivity index (χ3v) is 2.45. The maximum atomic E-state index is 10.0. The summed E-state index contributed by atoms with van der Waals surface area (Å²) in [5.41, 5.74) is 0.207. The minimum atomic E-state index is -0.723. The van der Waals surface area contributed by atoms with Gasteiger partial charge in [0.1, 0.15) is 0 Å². The molecule has 1 aromatic rings. The normalized spacial score (nSPS) is 15.4. The quantitative estimate of drug-likeness (QED) is 0.790. The Kier molecular flexibility index (Phi) is 3.34. The summed E-state index contributed by atoms with van der Waals surface area (Å²) in [5.74, 6) is 0. The van der Waals surface area contributed by atoms with Gasteiger partial charge in [0, 0.05) is 5.02 Å². The van der Waals surface area contributed by atoms with Gasteiger partial charge in [-0.05, 0) is 31.0 Å². The minimum Gasteiger partial charge on any atom is -0.385 e. The molecule has 0 aliphatic carbocycles. The number of benzene rings is 1. The van der Waals surface area contributed by atoms with E-state index in [9.17, 15) is 5.11 Å². The highest BCUT2D eigenvalue weighted by Crippen LogP contribution is 2.26. The van der Waals surface area contributed by atoms with Gasteiger partial charge in [-0.25, -0.2) is 0 Å². The van der Waals surface area contributed by atoms with Crippen molar-refractivity contribution in [2.75, 3.05) is 0 Å². The molecule has 0 saturated heterocycles. The number of halogens is 1. The van der Waals surface area contributed by atoms with E-state index in [-0.39, 0.29) is 0 Å². The van der Waals surface area contributed by atoms with E-state index >= 15 is 0 Å². The molecule has 0 amide bonds. The molecule has 0 aromatic heterocycles. The van der Waals surface area contributed by atoms with Gasteiger partial charge in [0.2, 0.25) is 0 Å². The second-order valence-electron chi connectivity index (χ2n) is 3.53. The fourth-order valence-corrected chi connectivity index (χ4v) is 1.57. The first-order valence-electron chi connectivity index (χ1n) is 4.54. The van der Waals surface area contributed by atoms with Crippen LogP contribution in [0.1, 0.15) is 32.3 Å². The fourth-order valence-electron chi connectivity index (χ4n) is 1.44. The van der Waals surface area contributed by atoms with Crippen LogP contribution in [0, 0.1) is 0 Å². The topological polar surface area (TPSA) is 20.2 Å². The Morgan fingerprint density at radius 3 is 2.31 bits per heavy atom. The van der Waals surface area contributed by atoms with Gasteiger partial charge in [-0.3, -0.25) is 0 Å². The summed E-state index contributed by atoms with van der Waals surface area (Å²) in [7, 11) is 0. The summed E-state index contributed by atoms with van der Waals surface area (Å²) in [4.78, 5) is 0. The molecule has 0 aliphatic heterocycles. The van der Waals surface area contributed by atoms with Crippen LogP contribution in [0.15, 0.2) is 24.3 Å². The largest absolute Gasteiger partial charge is 0.385 e. The monoisotopic (exact) mass is 198 g/mol. The van der Waals surface area contributed by atoms with Crippen LogP contribution in [0.25, 0.3) is 0 Å². The van der Waals surface area contributed by atoms with Crippen molar-refractivity contribution in [2.24, 2.45) is 0 Å². The summed E-state index contributed by atoms with van der Waals surface area (Å²) in [6.07, 6.45) is 1.74. The average molecular weight is 199 g/mol. The van der Waals surface area contributed by atoms with E-state index in [2.05, 4.69) is 6.92 Å². The lowest BCUT2D eigenvalue weighted by Crippen LogP contribution is -2.20. The zero-order valence-electron chi connectivity index (χ0n) is 8.05. The lowest BCUT2D eigenvalue weighted by Gasteiger charge is -2.23. The molecule has 0 saturated carbocycles. The number of rotatable bonds is 3. The Morgan fingerprint density at radius 2 is 1.85 bits per heavy atom.